The first-order valence-corrected chi connectivity index (χ1v) is 18.2. The van der Waals surface area contributed by atoms with Crippen LogP contribution >= 0.6 is 23.2 Å². The maximum atomic E-state index is 13.7. The number of methoxy groups -OCH3 is 1. The molecular formula is C39H42Cl2N4O7. The summed E-state index contributed by atoms with van der Waals surface area (Å²) in [5.41, 5.74) is 3.14. The largest absolute Gasteiger partial charge is 0.870 e. The highest BCUT2D eigenvalue weighted by Gasteiger charge is 2.37. The second kappa shape index (κ2) is 16.9. The second-order valence-electron chi connectivity index (χ2n) is 13.4. The molecule has 4 aliphatic rings. The standard InChI is InChI=1S/C39H40Cl2N4O6.H2O/c1-48-34-11-10-29(17-36(34)49-24-26-4-5-26)35(18-31-32(40)20-43-21-33(31)41)50-38(46)28-8-6-25(7-9-28)22-45(30-3-2-14-42-19-30)39(47)51-37-23-44-15-12-27(37)13-16-44;/h2-3,6-11,14,17,19-21,26-27,35,37H,4-5,12-13,15-16,18,22-24H2,1H3;1H2/t35-,37-;/m0./s1. The lowest BCUT2D eigenvalue weighted by Crippen LogP contribution is -2.53. The number of aromatic nitrogens is 2. The molecule has 5 heterocycles. The van der Waals surface area contributed by atoms with Crippen molar-refractivity contribution in [1.82, 2.24) is 9.88 Å². The summed E-state index contributed by atoms with van der Waals surface area (Å²) in [4.78, 5) is 38.4. The van der Waals surface area contributed by atoms with Gasteiger partial charge in [-0.2, -0.15) is 0 Å². The van der Waals surface area contributed by atoms with E-state index in [2.05, 4.69) is 14.9 Å². The first kappa shape index (κ1) is 37.3. The number of carbonyl (C=O) groups excluding carboxylic acids is 2. The number of anilines is 1. The number of rotatable bonds is 13. The summed E-state index contributed by atoms with van der Waals surface area (Å²) < 4.78 is 23.9. The Morgan fingerprint density at radius 1 is 1.00 bits per heavy atom. The third-order valence-electron chi connectivity index (χ3n) is 9.92. The van der Waals surface area contributed by atoms with E-state index in [1.807, 2.05) is 36.4 Å². The van der Waals surface area contributed by atoms with Crippen molar-refractivity contribution in [2.24, 2.45) is 11.8 Å². The number of halogens is 2. The van der Waals surface area contributed by atoms with Crippen LogP contribution in [0.5, 0.6) is 11.5 Å². The van der Waals surface area contributed by atoms with Gasteiger partial charge in [-0.15, -0.1) is 0 Å². The van der Waals surface area contributed by atoms with Crippen molar-refractivity contribution in [3.05, 3.63) is 112 Å². The number of amides is 1. The quantitative estimate of drug-likeness (QED) is 0.130. The number of hydrogen-bond donors (Lipinski definition) is 0. The molecule has 4 fully saturated rings. The summed E-state index contributed by atoms with van der Waals surface area (Å²) in [6.45, 7) is 3.72. The highest BCUT2D eigenvalue weighted by atomic mass is 35.5. The Kier molecular flexibility index (Phi) is 12.2. The van der Waals surface area contributed by atoms with Crippen LogP contribution in [0.4, 0.5) is 10.5 Å². The van der Waals surface area contributed by atoms with E-state index >= 15 is 0 Å². The molecule has 1 aliphatic carbocycles. The molecule has 13 heteroatoms. The molecule has 274 valence electrons. The Labute approximate surface area is 313 Å². The van der Waals surface area contributed by atoms with Crippen molar-refractivity contribution in [3.63, 3.8) is 0 Å². The van der Waals surface area contributed by atoms with Crippen LogP contribution < -0.4 is 19.4 Å². The topological polar surface area (TPSA) is 135 Å². The number of H-pyrrole nitrogens is 1. The van der Waals surface area contributed by atoms with E-state index in [0.29, 0.717) is 62.4 Å². The van der Waals surface area contributed by atoms with E-state index < -0.39 is 18.2 Å². The molecule has 2 aromatic carbocycles. The Balaban J connectivity index is 0.00000464. The van der Waals surface area contributed by atoms with E-state index in [1.54, 1.807) is 55.0 Å². The van der Waals surface area contributed by atoms with E-state index in [-0.39, 0.29) is 24.5 Å². The third kappa shape index (κ3) is 8.95. The Bertz CT molecular complexity index is 1820. The number of carbonyl (C=O) groups is 2. The van der Waals surface area contributed by atoms with Crippen molar-refractivity contribution < 1.29 is 39.0 Å². The van der Waals surface area contributed by atoms with E-state index in [1.165, 1.54) is 0 Å². The van der Waals surface area contributed by atoms with Gasteiger partial charge in [-0.05, 0) is 98.1 Å². The molecule has 11 nitrogen and oxygen atoms in total. The molecule has 3 saturated heterocycles. The van der Waals surface area contributed by atoms with Crippen LogP contribution in [-0.2, 0) is 22.4 Å². The molecular weight excluding hydrogens is 707 g/mol. The third-order valence-corrected chi connectivity index (χ3v) is 10.6. The van der Waals surface area contributed by atoms with Gasteiger partial charge in [-0.25, -0.2) is 14.6 Å². The molecule has 3 aliphatic heterocycles. The molecule has 4 aromatic rings. The number of fused-ring (bicyclic) bond motifs is 3. The Hall–Kier alpha value is -4.42. The molecule has 8 rings (SSSR count). The summed E-state index contributed by atoms with van der Waals surface area (Å²) in [5.74, 6) is 1.58. The van der Waals surface area contributed by atoms with Gasteiger partial charge in [0.2, 0.25) is 0 Å². The molecule has 2 atom stereocenters. The van der Waals surface area contributed by atoms with Crippen LogP contribution in [0.25, 0.3) is 0 Å². The van der Waals surface area contributed by atoms with Gasteiger partial charge < -0.3 is 24.4 Å². The summed E-state index contributed by atoms with van der Waals surface area (Å²) in [6.07, 6.45) is 9.91. The maximum absolute atomic E-state index is 13.7. The molecule has 2 bridgehead atoms. The number of hydrogen-bond acceptors (Lipinski definition) is 9. The zero-order valence-electron chi connectivity index (χ0n) is 28.9. The molecule has 1 amide bonds. The van der Waals surface area contributed by atoms with Gasteiger partial charge in [0.1, 0.15) is 22.3 Å². The lowest BCUT2D eigenvalue weighted by molar-refractivity contribution is -0.377. The lowest BCUT2D eigenvalue weighted by atomic mass is 9.86. The van der Waals surface area contributed by atoms with E-state index in [9.17, 15) is 9.59 Å². The maximum Gasteiger partial charge on any atom is 0.414 e. The number of esters is 1. The molecule has 0 unspecified atom stereocenters. The predicted molar refractivity (Wildman–Crippen MR) is 194 cm³/mol. The molecule has 2 aromatic heterocycles. The van der Waals surface area contributed by atoms with Gasteiger partial charge in [-0.3, -0.25) is 14.8 Å². The average Bonchev–Trinajstić information content (AvgIpc) is 4.00. The van der Waals surface area contributed by atoms with Crippen molar-refractivity contribution in [3.8, 4) is 11.5 Å². The summed E-state index contributed by atoms with van der Waals surface area (Å²) >= 11 is 13.1. The fraction of sp³-hybridized carbons (Fsp3) is 0.385. The first-order valence-electron chi connectivity index (χ1n) is 17.4. The lowest BCUT2D eigenvalue weighted by Gasteiger charge is -2.44. The van der Waals surface area contributed by atoms with Gasteiger partial charge in [0.05, 0.1) is 37.7 Å². The number of nitrogens with one attached hydrogen (secondary N) is 1. The fourth-order valence-corrected chi connectivity index (χ4v) is 7.25. The van der Waals surface area contributed by atoms with Crippen LogP contribution in [0.15, 0.2) is 79.4 Å². The Morgan fingerprint density at radius 2 is 1.75 bits per heavy atom. The zero-order chi connectivity index (χ0) is 35.3. The van der Waals surface area contributed by atoms with Gasteiger partial charge >= 0.3 is 12.1 Å². The first-order chi connectivity index (χ1) is 24.8. The molecule has 0 radical (unpaired) electrons. The van der Waals surface area contributed by atoms with Gasteiger partial charge in [0.15, 0.2) is 23.9 Å². The monoisotopic (exact) mass is 748 g/mol. The second-order valence-corrected chi connectivity index (χ2v) is 14.3. The molecule has 0 spiro atoms. The minimum atomic E-state index is -0.744. The van der Waals surface area contributed by atoms with Crippen molar-refractivity contribution in [2.75, 3.05) is 38.3 Å². The summed E-state index contributed by atoms with van der Waals surface area (Å²) in [7, 11) is 1.59. The summed E-state index contributed by atoms with van der Waals surface area (Å²) in [5, 5.41) is 0.855. The Morgan fingerprint density at radius 3 is 2.38 bits per heavy atom. The van der Waals surface area contributed by atoms with E-state index in [4.69, 9.17) is 42.1 Å². The van der Waals surface area contributed by atoms with Gasteiger partial charge in [0, 0.05) is 24.7 Å². The number of pyridine rings is 2. The normalized spacial score (nSPS) is 19.6. The number of ether oxygens (including phenoxy) is 4. The van der Waals surface area contributed by atoms with Crippen LogP contribution in [0.3, 0.4) is 0 Å². The van der Waals surface area contributed by atoms with Gasteiger partial charge in [-0.1, -0.05) is 41.4 Å². The average molecular weight is 750 g/mol. The molecule has 2 N–H and O–H groups in total. The fourth-order valence-electron chi connectivity index (χ4n) is 6.72. The summed E-state index contributed by atoms with van der Waals surface area (Å²) in [6, 6.07) is 16.2. The van der Waals surface area contributed by atoms with Crippen LogP contribution in [0, 0.1) is 11.8 Å². The number of piperidine rings is 3. The molecule has 1 saturated carbocycles. The van der Waals surface area contributed by atoms with Crippen LogP contribution in [0.2, 0.25) is 10.0 Å². The highest BCUT2D eigenvalue weighted by molar-refractivity contribution is 6.35. The predicted octanol–water partition coefficient (Wildman–Crippen LogP) is 7.20. The minimum Gasteiger partial charge on any atom is -0.870 e. The highest BCUT2D eigenvalue weighted by Crippen LogP contribution is 2.37. The SMILES string of the molecule is COc1ccc([C@H](Cc2c(Cl)c[nH+]cc2Cl)OC(=O)c2ccc(CN(C(=O)O[C@H]3CN4CCC3CC4)c3cccnc3)cc2)cc1OCC1CC1.[OH-]. The van der Waals surface area contributed by atoms with Gasteiger partial charge in [0.25, 0.3) is 0 Å². The van der Waals surface area contributed by atoms with Crippen molar-refractivity contribution in [1.29, 1.82) is 0 Å². The van der Waals surface area contributed by atoms with Crippen molar-refractivity contribution >= 4 is 41.0 Å². The number of aromatic amines is 1. The minimum absolute atomic E-state index is 0. The smallest absolute Gasteiger partial charge is 0.414 e. The number of benzene rings is 2. The zero-order valence-corrected chi connectivity index (χ0v) is 30.4. The van der Waals surface area contributed by atoms with Crippen LogP contribution in [0.1, 0.15) is 58.8 Å². The van der Waals surface area contributed by atoms with Crippen molar-refractivity contribution in [2.45, 2.75) is 50.9 Å². The van der Waals surface area contributed by atoms with E-state index in [0.717, 1.165) is 50.9 Å². The van der Waals surface area contributed by atoms with Crippen LogP contribution in [-0.4, -0.2) is 66.9 Å². The molecule has 52 heavy (non-hydrogen) atoms. The number of nitrogens with zero attached hydrogens (tertiary/aromatic N) is 3.